The van der Waals surface area contributed by atoms with E-state index in [2.05, 4.69) is 20.8 Å². The van der Waals surface area contributed by atoms with Crippen molar-refractivity contribution in [3.63, 3.8) is 0 Å². The van der Waals surface area contributed by atoms with E-state index < -0.39 is 11.9 Å². The maximum atomic E-state index is 13.1. The Morgan fingerprint density at radius 2 is 1.01 bits per heavy atom. The summed E-state index contributed by atoms with van der Waals surface area (Å²) in [6.45, 7) is 11.9. The molecule has 12 nitrogen and oxygen atoms in total. The van der Waals surface area contributed by atoms with Crippen molar-refractivity contribution < 1.29 is 52.4 Å². The minimum absolute atomic E-state index is 0.0703. The van der Waals surface area contributed by atoms with Crippen LogP contribution in [0.5, 0.6) is 23.0 Å². The number of ether oxygens (including phenoxy) is 6. The second-order valence-corrected chi connectivity index (χ2v) is 18.6. The van der Waals surface area contributed by atoms with Crippen molar-refractivity contribution in [2.45, 2.75) is 118 Å². The Bertz CT molecular complexity index is 2380. The smallest absolute Gasteiger partial charge is 0.343 e. The van der Waals surface area contributed by atoms with Crippen LogP contribution in [-0.2, 0) is 23.9 Å². The predicted molar refractivity (Wildman–Crippen MR) is 272 cm³/mol. The molecule has 0 saturated heterocycles. The van der Waals surface area contributed by atoms with Gasteiger partial charge in [0.1, 0.15) is 23.0 Å². The number of carbonyl (C=O) groups excluding carboxylic acids is 5. The molecular weight excluding hydrogens is 899 g/mol. The second kappa shape index (κ2) is 29.4. The van der Waals surface area contributed by atoms with Crippen molar-refractivity contribution in [2.75, 3.05) is 26.4 Å². The highest BCUT2D eigenvalue weighted by molar-refractivity contribution is 6.02. The Morgan fingerprint density at radius 1 is 0.592 bits per heavy atom. The van der Waals surface area contributed by atoms with Gasteiger partial charge in [-0.3, -0.25) is 14.4 Å². The first-order valence-electron chi connectivity index (χ1n) is 25.5. The minimum Gasteiger partial charge on any atom is -0.494 e. The Kier molecular flexibility index (Phi) is 22.9. The zero-order chi connectivity index (χ0) is 51.0. The number of allylic oxidation sites excluding steroid dienone is 1. The molecule has 4 aromatic carbocycles. The third-order valence-electron chi connectivity index (χ3n) is 13.0. The number of esters is 4. The lowest BCUT2D eigenvalue weighted by Crippen LogP contribution is -2.30. The average Bonchev–Trinajstić information content (AvgIpc) is 3.37. The molecule has 4 atom stereocenters. The van der Waals surface area contributed by atoms with E-state index in [0.29, 0.717) is 91.3 Å². The van der Waals surface area contributed by atoms with Gasteiger partial charge in [0, 0.05) is 5.92 Å². The lowest BCUT2D eigenvalue weighted by atomic mass is 9.73. The normalized spacial score (nSPS) is 15.8. The van der Waals surface area contributed by atoms with Crippen LogP contribution in [0.3, 0.4) is 0 Å². The molecule has 5 rings (SSSR count). The summed E-state index contributed by atoms with van der Waals surface area (Å²) < 4.78 is 33.9. The lowest BCUT2D eigenvalue weighted by Gasteiger charge is -2.30. The molecule has 12 heteroatoms. The first-order valence-corrected chi connectivity index (χ1v) is 25.5. The molecule has 0 spiro atoms. The summed E-state index contributed by atoms with van der Waals surface area (Å²) in [5.74, 6) is 0.692. The van der Waals surface area contributed by atoms with Crippen LogP contribution in [0.4, 0.5) is 0 Å². The molecule has 71 heavy (non-hydrogen) atoms. The van der Waals surface area contributed by atoms with Crippen molar-refractivity contribution in [3.05, 3.63) is 125 Å². The van der Waals surface area contributed by atoms with Gasteiger partial charge in [-0.15, -0.1) is 0 Å². The molecule has 0 aromatic heterocycles. The van der Waals surface area contributed by atoms with Crippen LogP contribution in [-0.4, -0.2) is 56.1 Å². The molecule has 0 amide bonds. The van der Waals surface area contributed by atoms with Gasteiger partial charge in [0.15, 0.2) is 5.78 Å². The number of hydrogen-bond donors (Lipinski definition) is 0. The van der Waals surface area contributed by atoms with Gasteiger partial charge in [-0.1, -0.05) is 46.8 Å². The molecule has 0 heterocycles. The Hall–Kier alpha value is -6.74. The number of rotatable bonds is 28. The van der Waals surface area contributed by atoms with Crippen LogP contribution in [0, 0.1) is 40.9 Å². The van der Waals surface area contributed by atoms with Gasteiger partial charge in [-0.05, 0) is 197 Å². The van der Waals surface area contributed by atoms with Crippen molar-refractivity contribution in [1.82, 2.24) is 0 Å². The van der Waals surface area contributed by atoms with Crippen LogP contribution >= 0.6 is 0 Å². The first kappa shape index (κ1) is 55.2. The van der Waals surface area contributed by atoms with Gasteiger partial charge in [0.2, 0.25) is 0 Å². The highest BCUT2D eigenvalue weighted by Gasteiger charge is 2.33. The fraction of sp³-hybridized carbons (Fsp3) is 0.458. The molecule has 378 valence electrons. The maximum absolute atomic E-state index is 13.1. The third kappa shape index (κ3) is 18.2. The van der Waals surface area contributed by atoms with Crippen LogP contribution in [0.2, 0.25) is 0 Å². The number of unbranched alkanes of at least 4 members (excludes halogenated alkanes) is 6. The molecule has 1 aliphatic rings. The van der Waals surface area contributed by atoms with Crippen molar-refractivity contribution in [3.8, 4) is 29.1 Å². The van der Waals surface area contributed by atoms with Crippen molar-refractivity contribution in [2.24, 2.45) is 29.6 Å². The molecule has 0 N–H and O–H groups in total. The van der Waals surface area contributed by atoms with Crippen LogP contribution in [0.15, 0.2) is 103 Å². The molecule has 1 fully saturated rings. The number of hydrogen-bond acceptors (Lipinski definition) is 12. The molecule has 1 aliphatic carbocycles. The van der Waals surface area contributed by atoms with Crippen LogP contribution < -0.4 is 18.9 Å². The quantitative estimate of drug-likeness (QED) is 0.0229. The van der Waals surface area contributed by atoms with Gasteiger partial charge in [0.25, 0.3) is 0 Å². The summed E-state index contributed by atoms with van der Waals surface area (Å²) >= 11 is 0. The Balaban J connectivity index is 0.873. The van der Waals surface area contributed by atoms with Crippen molar-refractivity contribution in [1.29, 1.82) is 5.26 Å². The molecular formula is C59H71NO11. The van der Waals surface area contributed by atoms with E-state index in [1.54, 1.807) is 84.9 Å². The average molecular weight is 970 g/mol. The molecule has 0 bridgehead atoms. The summed E-state index contributed by atoms with van der Waals surface area (Å²) in [4.78, 5) is 64.2. The van der Waals surface area contributed by atoms with E-state index in [4.69, 9.17) is 33.7 Å². The van der Waals surface area contributed by atoms with E-state index >= 15 is 0 Å². The number of ketones is 1. The van der Waals surface area contributed by atoms with E-state index in [9.17, 15) is 24.0 Å². The fourth-order valence-electron chi connectivity index (χ4n) is 8.42. The van der Waals surface area contributed by atoms with E-state index in [1.165, 1.54) is 0 Å². The largest absolute Gasteiger partial charge is 0.494 e. The summed E-state index contributed by atoms with van der Waals surface area (Å²) in [5, 5.41) is 8.92. The van der Waals surface area contributed by atoms with E-state index in [0.717, 1.165) is 75.3 Å². The highest BCUT2D eigenvalue weighted by atomic mass is 16.5. The fourth-order valence-corrected chi connectivity index (χ4v) is 8.42. The van der Waals surface area contributed by atoms with Crippen LogP contribution in [0.1, 0.15) is 150 Å². The Labute approximate surface area is 420 Å². The zero-order valence-electron chi connectivity index (χ0n) is 42.2. The minimum atomic E-state index is -0.498. The number of Topliss-reactive ketones (excluding diaryl/α,β-unsaturated/α-hetero) is 1. The number of carbonyl (C=O) groups is 5. The van der Waals surface area contributed by atoms with E-state index in [-0.39, 0.29) is 41.4 Å². The maximum Gasteiger partial charge on any atom is 0.343 e. The summed E-state index contributed by atoms with van der Waals surface area (Å²) in [6, 6.07) is 29.2. The molecule has 4 unspecified atom stereocenters. The van der Waals surface area contributed by atoms with Gasteiger partial charge in [-0.2, -0.15) is 5.26 Å². The number of nitriles is 1. The highest BCUT2D eigenvalue weighted by Crippen LogP contribution is 2.35. The molecule has 0 radical (unpaired) electrons. The summed E-state index contributed by atoms with van der Waals surface area (Å²) in [6.07, 6.45) is 12.1. The van der Waals surface area contributed by atoms with Gasteiger partial charge in [0.05, 0.1) is 61.0 Å². The second-order valence-electron chi connectivity index (χ2n) is 18.6. The topological polar surface area (TPSA) is 165 Å². The predicted octanol–water partition coefficient (Wildman–Crippen LogP) is 12.8. The van der Waals surface area contributed by atoms with Gasteiger partial charge in [-0.25, -0.2) is 9.59 Å². The lowest BCUT2D eigenvalue weighted by molar-refractivity contribution is -0.153. The molecule has 1 saturated carbocycles. The number of nitrogens with zero attached hydrogens (tertiary/aromatic N) is 1. The van der Waals surface area contributed by atoms with Gasteiger partial charge < -0.3 is 28.4 Å². The molecule has 4 aromatic rings. The summed E-state index contributed by atoms with van der Waals surface area (Å²) in [7, 11) is 0. The van der Waals surface area contributed by atoms with Crippen molar-refractivity contribution >= 4 is 35.7 Å². The first-order chi connectivity index (χ1) is 34.4. The van der Waals surface area contributed by atoms with E-state index in [1.807, 2.05) is 38.1 Å². The molecule has 0 aliphatic heterocycles. The summed E-state index contributed by atoms with van der Waals surface area (Å²) in [5.41, 5.74) is 3.06. The third-order valence-corrected chi connectivity index (χ3v) is 13.0. The monoisotopic (exact) mass is 970 g/mol. The zero-order valence-corrected chi connectivity index (χ0v) is 42.2. The Morgan fingerprint density at radius 3 is 1.44 bits per heavy atom. The SMILES string of the molecule is CCC(CC(CC)C(=O)OCCCCCCOc1ccc(C(=O)Oc2ccc(/C=C3\C(=O)C(C(C)C)CCC3C)cc2)cc1)C(=O)OCCCCCCOc1ccc(C(=O)Oc2ccc(C#N)cc2)cc1. The standard InChI is InChI=1S/C59H71NO11/c1-6-45(39-46(7-2)57(63)69-37-15-11-9-13-35-67-50-31-23-48(24-32-50)59(65)71-52-27-19-44(40-60)20-28-52)56(62)68-36-14-10-8-12-34-66-49-29-21-47(22-30-49)58(64)70-51-25-17-43(18-26-51)38-54-42(5)16-33-53(41(3)4)55(54)61/h17-32,38,41-42,45-46,53H,6-16,33-37,39H2,1-5H3/b54-38-. The van der Waals surface area contributed by atoms with Gasteiger partial charge >= 0.3 is 23.9 Å². The number of benzene rings is 4. The van der Waals surface area contributed by atoms with Crippen LogP contribution in [0.25, 0.3) is 6.08 Å².